The van der Waals surface area contributed by atoms with Crippen molar-refractivity contribution in [2.45, 2.75) is 123 Å². The van der Waals surface area contributed by atoms with E-state index in [-0.39, 0.29) is 83.2 Å². The molecule has 6 saturated heterocycles. The third-order valence-electron chi connectivity index (χ3n) is 29.5. The predicted molar refractivity (Wildman–Crippen MR) is 521 cm³/mol. The van der Waals surface area contributed by atoms with Crippen LogP contribution in [-0.2, 0) is 35.3 Å². The van der Waals surface area contributed by atoms with Gasteiger partial charge in [-0.05, 0) is 227 Å². The van der Waals surface area contributed by atoms with E-state index in [0.717, 1.165) is 244 Å². The van der Waals surface area contributed by atoms with Crippen LogP contribution in [0.15, 0.2) is 122 Å². The summed E-state index contributed by atoms with van der Waals surface area (Å²) >= 11 is 0. The Morgan fingerprint density at radius 3 is 1.19 bits per heavy atom. The fraction of sp³-hybridized carbons (Fsp3) is 0.398. The summed E-state index contributed by atoms with van der Waals surface area (Å²) in [5.41, 5.74) is 27.7. The number of anilines is 8. The number of nitrogens with zero attached hydrogens (tertiary/aromatic N) is 16. The number of aryl methyl sites for hydroxylation is 4. The lowest BCUT2D eigenvalue weighted by atomic mass is 9.81. The number of rotatable bonds is 21. The van der Waals surface area contributed by atoms with Crippen LogP contribution < -0.4 is 86.8 Å². The third-order valence-corrected chi connectivity index (χ3v) is 29.5. The average Bonchev–Trinajstić information content (AvgIpc) is 1.56. The van der Waals surface area contributed by atoms with E-state index in [1.165, 1.54) is 30.7 Å². The van der Waals surface area contributed by atoms with Crippen LogP contribution in [0.1, 0.15) is 120 Å². The number of benzene rings is 4. The summed E-state index contributed by atoms with van der Waals surface area (Å²) in [5.74, 6) is 3.46. The normalized spacial score (nSPS) is 19.8. The minimum absolute atomic E-state index is 0.114. The zero-order valence-corrected chi connectivity index (χ0v) is 79.0. The van der Waals surface area contributed by atoms with Gasteiger partial charge in [0.15, 0.2) is 0 Å². The lowest BCUT2D eigenvalue weighted by Crippen LogP contribution is -2.54. The fourth-order valence-electron chi connectivity index (χ4n) is 21.9. The second-order valence-electron chi connectivity index (χ2n) is 38.9. The number of carbonyl (C=O) groups excluding carboxylic acids is 2. The van der Waals surface area contributed by atoms with Gasteiger partial charge in [0, 0.05) is 215 Å². The molecule has 6 atom stereocenters. The zero-order valence-electron chi connectivity index (χ0n) is 79.0. The van der Waals surface area contributed by atoms with E-state index in [1.807, 2.05) is 97.4 Å². The molecule has 24 rings (SSSR count). The predicted octanol–water partition coefficient (Wildman–Crippen LogP) is 13.6. The van der Waals surface area contributed by atoms with Gasteiger partial charge in [-0.15, -0.1) is 0 Å². The Balaban J connectivity index is 0.000000111. The van der Waals surface area contributed by atoms with Crippen molar-refractivity contribution < 1.29 is 51.2 Å². The highest BCUT2D eigenvalue weighted by molar-refractivity contribution is 5.93. The van der Waals surface area contributed by atoms with Crippen molar-refractivity contribution in [2.24, 2.45) is 33.8 Å². The van der Waals surface area contributed by atoms with Gasteiger partial charge in [0.2, 0.25) is 11.8 Å². The molecule has 12 aliphatic rings. The van der Waals surface area contributed by atoms with Crippen molar-refractivity contribution in [2.75, 3.05) is 154 Å². The third kappa shape index (κ3) is 18.0. The van der Waals surface area contributed by atoms with Crippen LogP contribution in [0.5, 0.6) is 47.0 Å². The van der Waals surface area contributed by atoms with Crippen molar-refractivity contribution in [3.8, 4) is 91.5 Å². The molecule has 36 heteroatoms. The molecule has 32 nitrogen and oxygen atoms in total. The molecule has 2 saturated carbocycles. The van der Waals surface area contributed by atoms with Gasteiger partial charge in [-0.2, -0.15) is 39.9 Å². The summed E-state index contributed by atoms with van der Waals surface area (Å²) in [6.45, 7) is 18.7. The monoisotopic (exact) mass is 1890 g/mol. The first-order chi connectivity index (χ1) is 67.3. The molecule has 3 spiro atoms. The van der Waals surface area contributed by atoms with E-state index in [0.29, 0.717) is 103 Å². The molecule has 12 aromatic rings. The van der Waals surface area contributed by atoms with Gasteiger partial charge in [-0.3, -0.25) is 29.5 Å². The van der Waals surface area contributed by atoms with E-state index >= 15 is 0 Å². The van der Waals surface area contributed by atoms with E-state index in [2.05, 4.69) is 82.1 Å². The summed E-state index contributed by atoms with van der Waals surface area (Å²) in [6.07, 6.45) is 16.3. The highest BCUT2D eigenvalue weighted by Gasteiger charge is 2.57. The first-order valence-electron chi connectivity index (χ1n) is 47.7. The Morgan fingerprint density at radius 2 is 0.856 bits per heavy atom. The number of amides is 2. The fourth-order valence-corrected chi connectivity index (χ4v) is 21.9. The molecule has 718 valence electrons. The standard InChI is InChI=1S/C30H34FN7O4.C25H27FN6O.2C24H25FN6O/c1-16(14-39)28(41)34-12-25(40)36-24-13-38(15-30(24)6-7-30)27-26-21-8-18(31)9-22(32-3)20(21)10-23(26)35-29(37-27)42-19-5-4-17(2)33-11-19;1-15-3-4-17(12-29-15)33-24-30-21-11-18-19(9-16(26)10-20(18)27-2)22(21)23(31-24)32-8-6-25(14-32)5-7-28-13-25;1-12-3-4-16(10-28-12)32-24-29-21-9-17-18(6-14(25)7-20(17)27-2)22(21)23(30-24)31-11-13-5-15(31)8-19(13)26;1-14-3-4-16(10-28-14)32-23-29-20-9-17-18(7-15(25)8-19(17)26-2)21(20)22(30-23)31-6-5-24(13-31)11-27-12-24/h4-5,8-9,11,16,24,32,39H,6-7,10,12-15H2,1-3H3,(H,34,41)(H,36,40);3-4,9-10,12,27-28H,5-8,11,13-14H2,1-2H3;3-4,6-7,10,13,15,19,27H,5,8-9,11,26H2,1-2H3;3-4,7-8,10,26-27H,5-6,9,11-13H2,1-2H3/t16-,24-;;13?,15-,19-;/m1.0./s1. The molecule has 14 heterocycles. The van der Waals surface area contributed by atoms with Gasteiger partial charge >= 0.3 is 24.0 Å². The van der Waals surface area contributed by atoms with Crippen LogP contribution in [0.3, 0.4) is 0 Å². The van der Waals surface area contributed by atoms with Gasteiger partial charge in [0.1, 0.15) is 69.5 Å². The topological polar surface area (TPSA) is 381 Å². The Bertz CT molecular complexity index is 6790. The number of nitrogens with one attached hydrogen (secondary N) is 8. The van der Waals surface area contributed by atoms with Gasteiger partial charge in [-0.25, -0.2) is 17.6 Å². The van der Waals surface area contributed by atoms with Crippen molar-refractivity contribution in [3.63, 3.8) is 0 Å². The van der Waals surface area contributed by atoms with E-state index in [4.69, 9.17) is 64.6 Å². The van der Waals surface area contributed by atoms with Crippen molar-refractivity contribution in [3.05, 3.63) is 213 Å². The van der Waals surface area contributed by atoms with E-state index in [9.17, 15) is 32.3 Å². The molecule has 8 aromatic heterocycles. The van der Waals surface area contributed by atoms with Crippen LogP contribution in [0.4, 0.5) is 63.6 Å². The molecular formula is C103H111F4N25O7. The minimum Gasteiger partial charge on any atom is -0.423 e. The minimum atomic E-state index is -0.586. The van der Waals surface area contributed by atoms with Crippen molar-refractivity contribution in [1.29, 1.82) is 0 Å². The molecule has 6 aliphatic carbocycles. The number of fused-ring (bicyclic) bond motifs is 14. The second-order valence-corrected chi connectivity index (χ2v) is 38.9. The summed E-state index contributed by atoms with van der Waals surface area (Å²) in [4.78, 5) is 89.6. The zero-order chi connectivity index (χ0) is 96.0. The maximum Gasteiger partial charge on any atom is 0.324 e. The highest BCUT2D eigenvalue weighted by atomic mass is 19.1. The number of nitrogens with two attached hydrogens (primary N) is 1. The Hall–Kier alpha value is -14.1. The van der Waals surface area contributed by atoms with Gasteiger partial charge in [0.05, 0.1) is 72.7 Å². The van der Waals surface area contributed by atoms with E-state index in [1.54, 1.807) is 63.0 Å². The van der Waals surface area contributed by atoms with Gasteiger partial charge in [-0.1, -0.05) is 6.92 Å². The van der Waals surface area contributed by atoms with Crippen molar-refractivity contribution in [1.82, 2.24) is 81.1 Å². The molecule has 8 fully saturated rings. The molecule has 6 aliphatic heterocycles. The number of hydrogen-bond acceptors (Lipinski definition) is 30. The first kappa shape index (κ1) is 91.3. The Morgan fingerprint density at radius 1 is 0.475 bits per heavy atom. The van der Waals surface area contributed by atoms with Gasteiger partial charge in [0.25, 0.3) is 0 Å². The van der Waals surface area contributed by atoms with Crippen LogP contribution in [0.2, 0.25) is 0 Å². The quantitative estimate of drug-likeness (QED) is 0.0299. The average molecular weight is 1890 g/mol. The van der Waals surface area contributed by atoms with E-state index < -0.39 is 5.92 Å². The number of hydrogen-bond donors (Lipinski definition) is 10. The second kappa shape index (κ2) is 37.0. The number of pyridine rings is 4. The van der Waals surface area contributed by atoms with Crippen molar-refractivity contribution >= 4 is 57.8 Å². The van der Waals surface area contributed by atoms with Crippen LogP contribution in [0.25, 0.3) is 44.5 Å². The molecular weight excluding hydrogens is 1780 g/mol. The molecule has 0 radical (unpaired) electrons. The SMILES string of the molecule is CNc1cc(F)cc2c1Cc1nc(Oc3ccc(C)nc3)nc(N3CC4C[C@H]3C[C@@H]4N)c1-2.CNc1cc(F)cc2c1Cc1nc(Oc3ccc(C)nc3)nc(N3CCC4(CCNC4)C3)c1-2.CNc1cc(F)cc2c1Cc1nc(Oc3ccc(C)nc3)nc(N3CCC4(CNC4)C3)c1-2.CNc1cc(F)cc2c1Cc1nc(Oc3ccc(C)nc3)nc(N3C[C@@H](NC(=O)CNC(=O)[C@H](C)CO)C4(CC4)C3)c1-2. The summed E-state index contributed by atoms with van der Waals surface area (Å²) in [6, 6.07) is 28.9. The number of halogens is 4. The molecule has 139 heavy (non-hydrogen) atoms. The summed E-state index contributed by atoms with van der Waals surface area (Å²) in [7, 11) is 7.21. The maximum atomic E-state index is 14.7. The smallest absolute Gasteiger partial charge is 0.324 e. The number of aliphatic hydroxyl groups excluding tert-OH is 1. The lowest BCUT2D eigenvalue weighted by molar-refractivity contribution is -0.129. The van der Waals surface area contributed by atoms with Gasteiger partial charge < -0.3 is 91.9 Å². The lowest BCUT2D eigenvalue weighted by Gasteiger charge is -2.39. The molecule has 11 N–H and O–H groups in total. The number of aliphatic hydroxyl groups is 1. The molecule has 2 amide bonds. The number of ether oxygens (including phenoxy) is 4. The number of piperidine rings is 1. The summed E-state index contributed by atoms with van der Waals surface area (Å²) in [5, 5.41) is 34.3. The van der Waals surface area contributed by atoms with Crippen LogP contribution in [0, 0.1) is 79.0 Å². The highest BCUT2D eigenvalue weighted by Crippen LogP contribution is 2.57. The molecule has 2 bridgehead atoms. The number of carbonyl (C=O) groups is 2. The van der Waals surface area contributed by atoms with Crippen LogP contribution in [-0.4, -0.2) is 208 Å². The summed E-state index contributed by atoms with van der Waals surface area (Å²) < 4.78 is 82.3. The Labute approximate surface area is 801 Å². The molecule has 2 unspecified atom stereocenters. The largest absolute Gasteiger partial charge is 0.423 e. The first-order valence-corrected chi connectivity index (χ1v) is 47.7. The van der Waals surface area contributed by atoms with Crippen LogP contribution >= 0.6 is 0 Å². The Kier molecular flexibility index (Phi) is 24.3. The molecule has 4 aromatic carbocycles. The number of aromatic nitrogens is 12. The maximum absolute atomic E-state index is 14.7.